The molecule has 28 heavy (non-hydrogen) atoms. The third kappa shape index (κ3) is 3.49. The largest absolute Gasteiger partial charge is 0.352 e. The van der Waals surface area contributed by atoms with Gasteiger partial charge in [-0.2, -0.15) is 0 Å². The van der Waals surface area contributed by atoms with E-state index < -0.39 is 6.04 Å². The second-order valence-corrected chi connectivity index (χ2v) is 6.57. The van der Waals surface area contributed by atoms with Gasteiger partial charge >= 0.3 is 0 Å². The van der Waals surface area contributed by atoms with Gasteiger partial charge in [0.2, 0.25) is 5.91 Å². The standard InChI is InChI=1S/C22H18FN3O2/c23-16-7-4-6-15(12-16)14-25-20(27)13-19-21-18(10-5-11-24-21)22(28)26(19)17-8-2-1-3-9-17/h1-12,19H,13-14H2,(H,25,27). The van der Waals surface area contributed by atoms with E-state index >= 15 is 0 Å². The van der Waals surface area contributed by atoms with E-state index in [0.29, 0.717) is 22.5 Å². The number of benzene rings is 2. The van der Waals surface area contributed by atoms with Crippen LogP contribution in [0, 0.1) is 5.82 Å². The van der Waals surface area contributed by atoms with Crippen LogP contribution in [0.25, 0.3) is 0 Å². The molecule has 1 atom stereocenters. The fourth-order valence-corrected chi connectivity index (χ4v) is 3.43. The number of rotatable bonds is 5. The van der Waals surface area contributed by atoms with E-state index in [-0.39, 0.29) is 30.6 Å². The van der Waals surface area contributed by atoms with Gasteiger partial charge in [-0.25, -0.2) is 4.39 Å². The Balaban J connectivity index is 1.55. The lowest BCUT2D eigenvalue weighted by atomic mass is 10.1. The Labute approximate surface area is 161 Å². The van der Waals surface area contributed by atoms with Crippen LogP contribution in [0.1, 0.15) is 34.1 Å². The maximum atomic E-state index is 13.3. The molecule has 0 radical (unpaired) electrons. The number of nitrogens with zero attached hydrogens (tertiary/aromatic N) is 2. The van der Waals surface area contributed by atoms with Gasteiger partial charge in [0, 0.05) is 18.4 Å². The van der Waals surface area contributed by atoms with Crippen LogP contribution in [0.2, 0.25) is 0 Å². The molecule has 4 rings (SSSR count). The molecule has 2 amide bonds. The number of carbonyl (C=O) groups is 2. The van der Waals surface area contributed by atoms with Crippen LogP contribution >= 0.6 is 0 Å². The smallest absolute Gasteiger partial charge is 0.260 e. The maximum Gasteiger partial charge on any atom is 0.260 e. The highest BCUT2D eigenvalue weighted by molar-refractivity contribution is 6.11. The number of nitrogens with one attached hydrogen (secondary N) is 1. The van der Waals surface area contributed by atoms with Crippen molar-refractivity contribution >= 4 is 17.5 Å². The zero-order valence-corrected chi connectivity index (χ0v) is 15.0. The van der Waals surface area contributed by atoms with E-state index in [4.69, 9.17) is 0 Å². The van der Waals surface area contributed by atoms with Crippen molar-refractivity contribution in [2.45, 2.75) is 19.0 Å². The molecule has 1 aliphatic rings. The first-order valence-corrected chi connectivity index (χ1v) is 8.98. The number of anilines is 1. The molecule has 3 aromatic rings. The van der Waals surface area contributed by atoms with Crippen molar-refractivity contribution in [3.05, 3.63) is 95.6 Å². The third-order valence-electron chi connectivity index (χ3n) is 4.71. The van der Waals surface area contributed by atoms with Gasteiger partial charge in [-0.05, 0) is 42.0 Å². The number of fused-ring (bicyclic) bond motifs is 1. The summed E-state index contributed by atoms with van der Waals surface area (Å²) < 4.78 is 13.3. The van der Waals surface area contributed by atoms with Crippen LogP contribution in [0.5, 0.6) is 0 Å². The molecule has 0 saturated heterocycles. The molecule has 140 valence electrons. The average Bonchev–Trinajstić information content (AvgIpc) is 2.99. The summed E-state index contributed by atoms with van der Waals surface area (Å²) in [6, 6.07) is 18.3. The second-order valence-electron chi connectivity index (χ2n) is 6.57. The van der Waals surface area contributed by atoms with Crippen molar-refractivity contribution < 1.29 is 14.0 Å². The maximum absolute atomic E-state index is 13.3. The summed E-state index contributed by atoms with van der Waals surface area (Å²) in [6.45, 7) is 0.220. The lowest BCUT2D eigenvalue weighted by molar-refractivity contribution is -0.121. The molecule has 0 saturated carbocycles. The molecule has 6 heteroatoms. The predicted molar refractivity (Wildman–Crippen MR) is 103 cm³/mol. The summed E-state index contributed by atoms with van der Waals surface area (Å²) in [5.41, 5.74) is 2.49. The van der Waals surface area contributed by atoms with Crippen LogP contribution in [0.15, 0.2) is 72.9 Å². The molecule has 2 heterocycles. The van der Waals surface area contributed by atoms with Crippen molar-refractivity contribution in [1.82, 2.24) is 10.3 Å². The van der Waals surface area contributed by atoms with Crippen LogP contribution in [-0.4, -0.2) is 16.8 Å². The molecular weight excluding hydrogens is 357 g/mol. The Morgan fingerprint density at radius 3 is 2.68 bits per heavy atom. The molecule has 2 aromatic carbocycles. The van der Waals surface area contributed by atoms with Gasteiger partial charge in [-0.1, -0.05) is 30.3 Å². The average molecular weight is 375 g/mol. The number of hydrogen-bond acceptors (Lipinski definition) is 3. The Hall–Kier alpha value is -3.54. The Morgan fingerprint density at radius 1 is 1.07 bits per heavy atom. The first-order valence-electron chi connectivity index (χ1n) is 8.98. The van der Waals surface area contributed by atoms with E-state index in [1.54, 1.807) is 35.4 Å². The molecule has 1 aromatic heterocycles. The monoisotopic (exact) mass is 375 g/mol. The first-order chi connectivity index (χ1) is 13.6. The van der Waals surface area contributed by atoms with Gasteiger partial charge in [-0.15, -0.1) is 0 Å². The summed E-state index contributed by atoms with van der Waals surface area (Å²) in [4.78, 5) is 31.5. The van der Waals surface area contributed by atoms with Gasteiger partial charge in [-0.3, -0.25) is 19.5 Å². The molecule has 1 N–H and O–H groups in total. The third-order valence-corrected chi connectivity index (χ3v) is 4.71. The van der Waals surface area contributed by atoms with Crippen LogP contribution in [0.4, 0.5) is 10.1 Å². The molecule has 0 fully saturated rings. The van der Waals surface area contributed by atoms with Gasteiger partial charge < -0.3 is 5.32 Å². The molecule has 0 spiro atoms. The minimum Gasteiger partial charge on any atom is -0.352 e. The van der Waals surface area contributed by atoms with Crippen molar-refractivity contribution in [1.29, 1.82) is 0 Å². The fraction of sp³-hybridized carbons (Fsp3) is 0.136. The summed E-state index contributed by atoms with van der Waals surface area (Å²) in [6.07, 6.45) is 1.69. The van der Waals surface area contributed by atoms with Crippen LogP contribution in [0.3, 0.4) is 0 Å². The first kappa shape index (κ1) is 17.9. The number of hydrogen-bond donors (Lipinski definition) is 1. The van der Waals surface area contributed by atoms with Gasteiger partial charge in [0.25, 0.3) is 5.91 Å². The molecule has 1 aliphatic heterocycles. The van der Waals surface area contributed by atoms with Crippen LogP contribution < -0.4 is 10.2 Å². The van der Waals surface area contributed by atoms with Crippen molar-refractivity contribution in [3.8, 4) is 0 Å². The molecule has 0 aliphatic carbocycles. The predicted octanol–water partition coefficient (Wildman–Crippen LogP) is 3.63. The summed E-state index contributed by atoms with van der Waals surface area (Å²) in [7, 11) is 0. The minimum absolute atomic E-state index is 0.0694. The normalized spacial score (nSPS) is 15.4. The van der Waals surface area contributed by atoms with E-state index in [1.165, 1.54) is 12.1 Å². The summed E-state index contributed by atoms with van der Waals surface area (Å²) in [5.74, 6) is -0.750. The Bertz CT molecular complexity index is 1020. The highest BCUT2D eigenvalue weighted by atomic mass is 19.1. The van der Waals surface area contributed by atoms with E-state index in [0.717, 1.165) is 0 Å². The molecular formula is C22H18FN3O2. The highest BCUT2D eigenvalue weighted by Crippen LogP contribution is 2.38. The Kier molecular flexibility index (Phi) is 4.85. The molecule has 0 bridgehead atoms. The second kappa shape index (κ2) is 7.60. The molecule has 5 nitrogen and oxygen atoms in total. The fourth-order valence-electron chi connectivity index (χ4n) is 3.43. The zero-order chi connectivity index (χ0) is 19.5. The van der Waals surface area contributed by atoms with E-state index in [2.05, 4.69) is 10.3 Å². The molecule has 1 unspecified atom stereocenters. The minimum atomic E-state index is -0.487. The lowest BCUT2D eigenvalue weighted by Gasteiger charge is -2.24. The number of aromatic nitrogens is 1. The summed E-state index contributed by atoms with van der Waals surface area (Å²) in [5, 5.41) is 2.80. The number of pyridine rings is 1. The van der Waals surface area contributed by atoms with Gasteiger partial charge in [0.15, 0.2) is 0 Å². The van der Waals surface area contributed by atoms with Crippen molar-refractivity contribution in [2.24, 2.45) is 0 Å². The number of carbonyl (C=O) groups excluding carboxylic acids is 2. The van der Waals surface area contributed by atoms with Gasteiger partial charge in [0.1, 0.15) is 5.82 Å². The SMILES string of the molecule is O=C(CC1c2ncccc2C(=O)N1c1ccccc1)NCc1cccc(F)c1. The topological polar surface area (TPSA) is 62.3 Å². The number of para-hydroxylation sites is 1. The number of amides is 2. The zero-order valence-electron chi connectivity index (χ0n) is 15.0. The highest BCUT2D eigenvalue weighted by Gasteiger charge is 2.39. The lowest BCUT2D eigenvalue weighted by Crippen LogP contribution is -2.32. The summed E-state index contributed by atoms with van der Waals surface area (Å²) >= 11 is 0. The van der Waals surface area contributed by atoms with E-state index in [9.17, 15) is 14.0 Å². The quantitative estimate of drug-likeness (QED) is 0.741. The van der Waals surface area contributed by atoms with Crippen LogP contribution in [-0.2, 0) is 11.3 Å². The van der Waals surface area contributed by atoms with Crippen molar-refractivity contribution in [3.63, 3.8) is 0 Å². The Morgan fingerprint density at radius 2 is 1.89 bits per heavy atom. The number of halogens is 1. The van der Waals surface area contributed by atoms with Crippen molar-refractivity contribution in [2.75, 3.05) is 4.90 Å². The van der Waals surface area contributed by atoms with Gasteiger partial charge in [0.05, 0.1) is 23.7 Å². The van der Waals surface area contributed by atoms with E-state index in [1.807, 2.05) is 30.3 Å².